The zero-order valence-electron chi connectivity index (χ0n) is 10.2. The number of nitro groups is 1. The van der Waals surface area contributed by atoms with E-state index < -0.39 is 39.5 Å². The summed E-state index contributed by atoms with van der Waals surface area (Å²) in [7, 11) is 0. The predicted molar refractivity (Wildman–Crippen MR) is 60.2 cm³/mol. The minimum absolute atomic E-state index is 0.210. The zero-order chi connectivity index (χ0) is 14.7. The molecule has 0 N–H and O–H groups in total. The lowest BCUT2D eigenvalue weighted by Gasteiger charge is -2.18. The third-order valence-electron chi connectivity index (χ3n) is 2.61. The molecule has 0 fully saturated rings. The van der Waals surface area contributed by atoms with Gasteiger partial charge in [-0.1, -0.05) is 0 Å². The molecular formula is C11H11F3N2O3. The van der Waals surface area contributed by atoms with Crippen molar-refractivity contribution in [2.75, 3.05) is 13.1 Å². The van der Waals surface area contributed by atoms with Crippen molar-refractivity contribution in [3.8, 4) is 0 Å². The van der Waals surface area contributed by atoms with Crippen LogP contribution in [0.4, 0.5) is 18.9 Å². The van der Waals surface area contributed by atoms with E-state index in [0.717, 1.165) is 4.90 Å². The van der Waals surface area contributed by atoms with Crippen LogP contribution in [0.2, 0.25) is 0 Å². The average molecular weight is 276 g/mol. The van der Waals surface area contributed by atoms with Crippen molar-refractivity contribution < 1.29 is 22.9 Å². The van der Waals surface area contributed by atoms with E-state index in [4.69, 9.17) is 0 Å². The molecule has 0 radical (unpaired) electrons. The van der Waals surface area contributed by atoms with Crippen molar-refractivity contribution in [1.82, 2.24) is 4.90 Å². The first-order valence-electron chi connectivity index (χ1n) is 5.46. The number of halogens is 3. The van der Waals surface area contributed by atoms with Gasteiger partial charge in [0.05, 0.1) is 10.5 Å². The van der Waals surface area contributed by atoms with Gasteiger partial charge in [0.1, 0.15) is 0 Å². The second kappa shape index (κ2) is 5.68. The molecule has 104 valence electrons. The number of carbonyl (C=O) groups excluding carboxylic acids is 1. The van der Waals surface area contributed by atoms with E-state index in [-0.39, 0.29) is 13.1 Å². The monoisotopic (exact) mass is 276 g/mol. The number of hydrogen-bond acceptors (Lipinski definition) is 3. The minimum Gasteiger partial charge on any atom is -0.339 e. The smallest absolute Gasteiger partial charge is 0.308 e. The van der Waals surface area contributed by atoms with Gasteiger partial charge in [-0.25, -0.2) is 8.78 Å². The molecule has 1 rings (SSSR count). The summed E-state index contributed by atoms with van der Waals surface area (Å²) >= 11 is 0. The van der Waals surface area contributed by atoms with E-state index in [0.29, 0.717) is 6.07 Å². The summed E-state index contributed by atoms with van der Waals surface area (Å²) in [5.74, 6) is -6.59. The molecule has 0 aliphatic heterocycles. The number of amides is 1. The van der Waals surface area contributed by atoms with Crippen LogP contribution in [0.25, 0.3) is 0 Å². The van der Waals surface area contributed by atoms with Crippen LogP contribution in [-0.2, 0) is 0 Å². The average Bonchev–Trinajstić information content (AvgIpc) is 2.37. The Morgan fingerprint density at radius 2 is 1.74 bits per heavy atom. The fourth-order valence-corrected chi connectivity index (χ4v) is 1.56. The van der Waals surface area contributed by atoms with Gasteiger partial charge in [0.25, 0.3) is 5.91 Å². The largest absolute Gasteiger partial charge is 0.339 e. The Labute approximate surface area is 106 Å². The number of nitrogens with zero attached hydrogens (tertiary/aromatic N) is 2. The van der Waals surface area contributed by atoms with Gasteiger partial charge < -0.3 is 4.90 Å². The molecule has 0 saturated carbocycles. The van der Waals surface area contributed by atoms with Gasteiger partial charge in [-0.2, -0.15) is 4.39 Å². The van der Waals surface area contributed by atoms with Gasteiger partial charge in [0.2, 0.25) is 11.6 Å². The highest BCUT2D eigenvalue weighted by Crippen LogP contribution is 2.26. The van der Waals surface area contributed by atoms with Crippen molar-refractivity contribution in [3.63, 3.8) is 0 Å². The quantitative estimate of drug-likeness (QED) is 0.482. The molecule has 0 heterocycles. The Balaban J connectivity index is 3.44. The fraction of sp³-hybridized carbons (Fsp3) is 0.364. The van der Waals surface area contributed by atoms with Gasteiger partial charge >= 0.3 is 5.69 Å². The molecule has 0 aliphatic carbocycles. The fourth-order valence-electron chi connectivity index (χ4n) is 1.56. The highest BCUT2D eigenvalue weighted by atomic mass is 19.2. The van der Waals surface area contributed by atoms with Crippen molar-refractivity contribution >= 4 is 11.6 Å². The molecule has 0 saturated heterocycles. The van der Waals surface area contributed by atoms with E-state index in [1.807, 2.05) is 0 Å². The lowest BCUT2D eigenvalue weighted by molar-refractivity contribution is -0.387. The van der Waals surface area contributed by atoms with E-state index in [1.165, 1.54) is 0 Å². The highest BCUT2D eigenvalue weighted by molar-refractivity contribution is 5.95. The summed E-state index contributed by atoms with van der Waals surface area (Å²) in [6.07, 6.45) is 0. The van der Waals surface area contributed by atoms with Gasteiger partial charge in [-0.15, -0.1) is 0 Å². The summed E-state index contributed by atoms with van der Waals surface area (Å²) in [4.78, 5) is 22.3. The molecular weight excluding hydrogens is 265 g/mol. The normalized spacial score (nSPS) is 10.4. The first-order valence-corrected chi connectivity index (χ1v) is 5.46. The number of rotatable bonds is 4. The standard InChI is InChI=1S/C11H11F3N2O3/c1-3-15(4-2)11(17)6-5-7(16(18)19)9(13)10(14)8(6)12/h5H,3-4H2,1-2H3. The van der Waals surface area contributed by atoms with Crippen LogP contribution in [0.3, 0.4) is 0 Å². The molecule has 5 nitrogen and oxygen atoms in total. The Kier molecular flexibility index (Phi) is 4.47. The summed E-state index contributed by atoms with van der Waals surface area (Å²) in [6.45, 7) is 3.63. The first-order chi connectivity index (χ1) is 8.84. The van der Waals surface area contributed by atoms with Crippen LogP contribution in [0, 0.1) is 27.6 Å². The molecule has 0 atom stereocenters. The van der Waals surface area contributed by atoms with E-state index >= 15 is 0 Å². The second-order valence-electron chi connectivity index (χ2n) is 3.62. The van der Waals surface area contributed by atoms with Crippen molar-refractivity contribution in [1.29, 1.82) is 0 Å². The van der Waals surface area contributed by atoms with Crippen LogP contribution in [0.15, 0.2) is 6.07 Å². The molecule has 0 unspecified atom stereocenters. The zero-order valence-corrected chi connectivity index (χ0v) is 10.2. The van der Waals surface area contributed by atoms with Crippen molar-refractivity contribution in [3.05, 3.63) is 39.2 Å². The summed E-state index contributed by atoms with van der Waals surface area (Å²) in [6, 6.07) is 0.411. The molecule has 19 heavy (non-hydrogen) atoms. The van der Waals surface area contributed by atoms with E-state index in [9.17, 15) is 28.1 Å². The van der Waals surface area contributed by atoms with Crippen LogP contribution in [-0.4, -0.2) is 28.8 Å². The predicted octanol–water partition coefficient (Wildman–Crippen LogP) is 2.49. The van der Waals surface area contributed by atoms with Gasteiger partial charge in [-0.05, 0) is 13.8 Å². The number of hydrogen-bond donors (Lipinski definition) is 0. The molecule has 0 aromatic heterocycles. The maximum absolute atomic E-state index is 13.5. The SMILES string of the molecule is CCN(CC)C(=O)c1cc([N+](=O)[O-])c(F)c(F)c1F. The molecule has 1 amide bonds. The topological polar surface area (TPSA) is 63.5 Å². The van der Waals surface area contributed by atoms with Crippen LogP contribution in [0.5, 0.6) is 0 Å². The molecule has 0 bridgehead atoms. The van der Waals surface area contributed by atoms with E-state index in [2.05, 4.69) is 0 Å². The number of carbonyl (C=O) groups is 1. The molecule has 1 aromatic carbocycles. The molecule has 0 spiro atoms. The third kappa shape index (κ3) is 2.67. The summed E-state index contributed by atoms with van der Waals surface area (Å²) in [5, 5.41) is 10.5. The van der Waals surface area contributed by atoms with Crippen molar-refractivity contribution in [2.45, 2.75) is 13.8 Å². The van der Waals surface area contributed by atoms with Gasteiger partial charge in [0, 0.05) is 19.2 Å². The van der Waals surface area contributed by atoms with Gasteiger partial charge in [-0.3, -0.25) is 14.9 Å². The second-order valence-corrected chi connectivity index (χ2v) is 3.62. The Morgan fingerprint density at radius 1 is 1.21 bits per heavy atom. The Hall–Kier alpha value is -2.12. The highest BCUT2D eigenvalue weighted by Gasteiger charge is 2.29. The lowest BCUT2D eigenvalue weighted by atomic mass is 10.1. The third-order valence-corrected chi connectivity index (χ3v) is 2.61. The van der Waals surface area contributed by atoms with E-state index in [1.54, 1.807) is 13.8 Å². The number of benzene rings is 1. The van der Waals surface area contributed by atoms with Gasteiger partial charge in [0.15, 0.2) is 5.82 Å². The van der Waals surface area contributed by atoms with Crippen LogP contribution in [0.1, 0.15) is 24.2 Å². The maximum atomic E-state index is 13.5. The number of nitro benzene ring substituents is 1. The summed E-state index contributed by atoms with van der Waals surface area (Å²) in [5.41, 5.74) is -2.12. The van der Waals surface area contributed by atoms with Crippen molar-refractivity contribution in [2.24, 2.45) is 0 Å². The minimum atomic E-state index is -2.02. The Bertz CT molecular complexity index is 530. The molecule has 8 heteroatoms. The maximum Gasteiger partial charge on any atom is 0.308 e. The lowest BCUT2D eigenvalue weighted by Crippen LogP contribution is -2.31. The van der Waals surface area contributed by atoms with Crippen LogP contribution >= 0.6 is 0 Å². The first kappa shape index (κ1) is 14.9. The molecule has 0 aliphatic rings. The Morgan fingerprint density at radius 3 is 2.16 bits per heavy atom. The summed E-state index contributed by atoms with van der Waals surface area (Å²) < 4.78 is 39.9. The van der Waals surface area contributed by atoms with Crippen LogP contribution < -0.4 is 0 Å². The molecule has 1 aromatic rings.